The van der Waals surface area contributed by atoms with E-state index in [9.17, 15) is 18.0 Å². The predicted molar refractivity (Wildman–Crippen MR) is 115 cm³/mol. The zero-order chi connectivity index (χ0) is 23.0. The minimum absolute atomic E-state index is 0.156. The fourth-order valence-electron chi connectivity index (χ4n) is 3.31. The molecular formula is C22H17ClF3N5O. The Bertz CT molecular complexity index is 1310. The van der Waals surface area contributed by atoms with Crippen molar-refractivity contribution in [2.75, 3.05) is 5.32 Å². The Balaban J connectivity index is 1.81. The van der Waals surface area contributed by atoms with Crippen LogP contribution in [0.15, 0.2) is 60.9 Å². The van der Waals surface area contributed by atoms with Gasteiger partial charge in [0.2, 0.25) is 0 Å². The number of carbonyl (C=O) groups excluding carboxylic acids is 1. The topological polar surface area (TPSA) is 64.7 Å². The van der Waals surface area contributed by atoms with Gasteiger partial charge in [0.1, 0.15) is 11.5 Å². The molecular weight excluding hydrogens is 443 g/mol. The van der Waals surface area contributed by atoms with Gasteiger partial charge in [0.15, 0.2) is 5.69 Å². The van der Waals surface area contributed by atoms with E-state index in [0.29, 0.717) is 23.1 Å². The van der Waals surface area contributed by atoms with E-state index in [4.69, 9.17) is 11.6 Å². The largest absolute Gasteiger partial charge is 0.435 e. The van der Waals surface area contributed by atoms with Gasteiger partial charge >= 0.3 is 6.18 Å². The van der Waals surface area contributed by atoms with E-state index in [0.717, 1.165) is 10.2 Å². The highest BCUT2D eigenvalue weighted by Crippen LogP contribution is 2.33. The summed E-state index contributed by atoms with van der Waals surface area (Å²) in [5, 5.41) is 6.51. The van der Waals surface area contributed by atoms with Crippen molar-refractivity contribution in [2.24, 2.45) is 7.05 Å². The zero-order valence-corrected chi connectivity index (χ0v) is 17.7. The summed E-state index contributed by atoms with van der Waals surface area (Å²) < 4.78 is 42.9. The summed E-state index contributed by atoms with van der Waals surface area (Å²) in [7, 11) is 1.80. The SMILES string of the molecule is Cc1cccc(-c2nccn2C)c1NC(=O)c1cc(C(F)(F)F)nn1-c1ccccc1Cl. The fourth-order valence-corrected chi connectivity index (χ4v) is 3.53. The molecule has 0 radical (unpaired) electrons. The number of carbonyl (C=O) groups is 1. The molecule has 0 spiro atoms. The average molecular weight is 460 g/mol. The number of amides is 1. The average Bonchev–Trinajstić information content (AvgIpc) is 3.36. The molecule has 164 valence electrons. The van der Waals surface area contributed by atoms with E-state index in [1.807, 2.05) is 6.07 Å². The van der Waals surface area contributed by atoms with Gasteiger partial charge in [-0.25, -0.2) is 9.67 Å². The maximum atomic E-state index is 13.4. The summed E-state index contributed by atoms with van der Waals surface area (Å²) in [5.74, 6) is -0.169. The summed E-state index contributed by atoms with van der Waals surface area (Å²) >= 11 is 6.17. The number of nitrogens with one attached hydrogen (secondary N) is 1. The van der Waals surface area contributed by atoms with Gasteiger partial charge in [0.05, 0.1) is 16.4 Å². The second-order valence-electron chi connectivity index (χ2n) is 7.09. The summed E-state index contributed by atoms with van der Waals surface area (Å²) in [5.41, 5.74) is 0.441. The first-order valence-electron chi connectivity index (χ1n) is 9.47. The number of anilines is 1. The molecule has 2 aromatic carbocycles. The minimum Gasteiger partial charge on any atom is -0.334 e. The molecule has 0 aliphatic rings. The van der Waals surface area contributed by atoms with Crippen LogP contribution in [0.5, 0.6) is 0 Å². The van der Waals surface area contributed by atoms with E-state index >= 15 is 0 Å². The van der Waals surface area contributed by atoms with Crippen molar-refractivity contribution in [3.63, 3.8) is 0 Å². The number of nitrogens with zero attached hydrogens (tertiary/aromatic N) is 4. The Kier molecular flexibility index (Phi) is 5.52. The molecule has 1 amide bonds. The molecule has 10 heteroatoms. The molecule has 0 saturated heterocycles. The van der Waals surface area contributed by atoms with Crippen LogP contribution in [0.3, 0.4) is 0 Å². The fraction of sp³-hybridized carbons (Fsp3) is 0.136. The Morgan fingerprint density at radius 2 is 1.88 bits per heavy atom. The third-order valence-corrected chi connectivity index (χ3v) is 5.21. The molecule has 32 heavy (non-hydrogen) atoms. The van der Waals surface area contributed by atoms with Gasteiger partial charge in [0.25, 0.3) is 5.91 Å². The van der Waals surface area contributed by atoms with Crippen molar-refractivity contribution >= 4 is 23.2 Å². The Hall–Kier alpha value is -3.59. The number of alkyl halides is 3. The van der Waals surface area contributed by atoms with Crippen molar-refractivity contribution < 1.29 is 18.0 Å². The maximum Gasteiger partial charge on any atom is 0.435 e. The van der Waals surface area contributed by atoms with E-state index in [1.165, 1.54) is 12.1 Å². The van der Waals surface area contributed by atoms with Crippen LogP contribution in [0.4, 0.5) is 18.9 Å². The second-order valence-corrected chi connectivity index (χ2v) is 7.50. The number of imidazole rings is 1. The number of aromatic nitrogens is 4. The van der Waals surface area contributed by atoms with Gasteiger partial charge in [-0.15, -0.1) is 0 Å². The van der Waals surface area contributed by atoms with E-state index in [-0.39, 0.29) is 16.4 Å². The van der Waals surface area contributed by atoms with Gasteiger partial charge in [-0.3, -0.25) is 4.79 Å². The van der Waals surface area contributed by atoms with Crippen LogP contribution in [-0.4, -0.2) is 25.2 Å². The Labute approximate surface area is 186 Å². The van der Waals surface area contributed by atoms with Crippen LogP contribution in [0.2, 0.25) is 5.02 Å². The number of para-hydroxylation sites is 2. The normalized spacial score (nSPS) is 11.6. The quantitative estimate of drug-likeness (QED) is 0.438. The number of aryl methyl sites for hydroxylation is 2. The van der Waals surface area contributed by atoms with Crippen molar-refractivity contribution in [3.8, 4) is 17.1 Å². The van der Waals surface area contributed by atoms with Crippen LogP contribution in [-0.2, 0) is 13.2 Å². The lowest BCUT2D eigenvalue weighted by Crippen LogP contribution is -2.18. The lowest BCUT2D eigenvalue weighted by Gasteiger charge is -2.15. The third-order valence-electron chi connectivity index (χ3n) is 4.89. The Morgan fingerprint density at radius 1 is 1.12 bits per heavy atom. The maximum absolute atomic E-state index is 13.4. The van der Waals surface area contributed by atoms with Gasteiger partial charge in [-0.2, -0.15) is 18.3 Å². The number of benzene rings is 2. The molecule has 4 rings (SSSR count). The van der Waals surface area contributed by atoms with Gasteiger partial charge < -0.3 is 9.88 Å². The molecule has 1 N–H and O–H groups in total. The van der Waals surface area contributed by atoms with Crippen molar-refractivity contribution in [1.29, 1.82) is 0 Å². The molecule has 2 aromatic heterocycles. The van der Waals surface area contributed by atoms with Gasteiger partial charge in [-0.05, 0) is 30.7 Å². The van der Waals surface area contributed by atoms with E-state index < -0.39 is 17.8 Å². The van der Waals surface area contributed by atoms with Crippen molar-refractivity contribution in [3.05, 3.63) is 82.9 Å². The highest BCUT2D eigenvalue weighted by atomic mass is 35.5. The summed E-state index contributed by atoms with van der Waals surface area (Å²) in [6, 6.07) is 12.3. The monoisotopic (exact) mass is 459 g/mol. The van der Waals surface area contributed by atoms with E-state index in [1.54, 1.807) is 55.2 Å². The van der Waals surface area contributed by atoms with Crippen LogP contribution >= 0.6 is 11.6 Å². The van der Waals surface area contributed by atoms with Crippen LogP contribution in [0.1, 0.15) is 21.7 Å². The zero-order valence-electron chi connectivity index (χ0n) is 17.0. The summed E-state index contributed by atoms with van der Waals surface area (Å²) in [6.45, 7) is 1.79. The predicted octanol–water partition coefficient (Wildman–Crippen LogP) is 5.51. The van der Waals surface area contributed by atoms with Crippen LogP contribution in [0.25, 0.3) is 17.1 Å². The first-order valence-corrected chi connectivity index (χ1v) is 9.85. The molecule has 0 fully saturated rings. The van der Waals surface area contributed by atoms with E-state index in [2.05, 4.69) is 15.4 Å². The van der Waals surface area contributed by atoms with Crippen molar-refractivity contribution in [1.82, 2.24) is 19.3 Å². The molecule has 2 heterocycles. The number of halogens is 4. The summed E-state index contributed by atoms with van der Waals surface area (Å²) in [6.07, 6.45) is -1.36. The number of rotatable bonds is 4. The molecule has 0 unspecified atom stereocenters. The molecule has 0 saturated carbocycles. The highest BCUT2D eigenvalue weighted by Gasteiger charge is 2.36. The second kappa shape index (κ2) is 8.16. The van der Waals surface area contributed by atoms with Crippen LogP contribution in [0, 0.1) is 6.92 Å². The molecule has 0 bridgehead atoms. The molecule has 6 nitrogen and oxygen atoms in total. The first-order chi connectivity index (χ1) is 15.2. The first kappa shape index (κ1) is 21.6. The molecule has 0 atom stereocenters. The molecule has 0 aliphatic heterocycles. The Morgan fingerprint density at radius 3 is 2.53 bits per heavy atom. The lowest BCUT2D eigenvalue weighted by atomic mass is 10.1. The van der Waals surface area contributed by atoms with Gasteiger partial charge in [0, 0.05) is 31.1 Å². The third kappa shape index (κ3) is 3.99. The van der Waals surface area contributed by atoms with Crippen molar-refractivity contribution in [2.45, 2.75) is 13.1 Å². The number of hydrogen-bond donors (Lipinski definition) is 1. The molecule has 4 aromatic rings. The smallest absolute Gasteiger partial charge is 0.334 e. The highest BCUT2D eigenvalue weighted by molar-refractivity contribution is 6.32. The van der Waals surface area contributed by atoms with Crippen LogP contribution < -0.4 is 5.32 Å². The standard InChI is InChI=1S/C22H17ClF3N5O/c1-13-6-5-7-14(20-27-10-11-30(20)2)19(13)28-21(32)17-12-18(22(24,25)26)29-31(17)16-9-4-3-8-15(16)23/h3-12H,1-2H3,(H,28,32). The number of hydrogen-bond acceptors (Lipinski definition) is 3. The molecule has 0 aliphatic carbocycles. The summed E-state index contributed by atoms with van der Waals surface area (Å²) in [4.78, 5) is 17.5. The minimum atomic E-state index is -4.73. The lowest BCUT2D eigenvalue weighted by molar-refractivity contribution is -0.141. The van der Waals surface area contributed by atoms with Gasteiger partial charge in [-0.1, -0.05) is 35.9 Å².